The molecule has 9 nitrogen and oxygen atoms in total. The Labute approximate surface area is 212 Å². The highest BCUT2D eigenvalue weighted by molar-refractivity contribution is 6.11. The van der Waals surface area contributed by atoms with Crippen LogP contribution in [0.2, 0.25) is 0 Å². The number of alkyl halides is 3. The molecular weight excluding hydrogens is 491 g/mol. The molecule has 3 atom stereocenters. The molecule has 1 aromatic rings. The highest BCUT2D eigenvalue weighted by atomic mass is 19.4. The summed E-state index contributed by atoms with van der Waals surface area (Å²) < 4.78 is 37.7. The zero-order valence-corrected chi connectivity index (χ0v) is 20.4. The molecule has 3 amide bonds. The van der Waals surface area contributed by atoms with Crippen LogP contribution < -0.4 is 21.1 Å². The molecular formula is C25H32F3N5O4. The number of hydrogen-bond acceptors (Lipinski definition) is 6. The van der Waals surface area contributed by atoms with Gasteiger partial charge in [0.05, 0.1) is 12.0 Å². The third-order valence-corrected chi connectivity index (χ3v) is 8.42. The van der Waals surface area contributed by atoms with Gasteiger partial charge in [0.1, 0.15) is 13.1 Å². The van der Waals surface area contributed by atoms with Crippen molar-refractivity contribution in [2.75, 3.05) is 37.6 Å². The zero-order valence-electron chi connectivity index (χ0n) is 20.4. The second-order valence-corrected chi connectivity index (χ2v) is 10.6. The van der Waals surface area contributed by atoms with Crippen LogP contribution in [0.1, 0.15) is 43.2 Å². The van der Waals surface area contributed by atoms with Crippen molar-refractivity contribution >= 4 is 23.4 Å². The quantitative estimate of drug-likeness (QED) is 0.457. The minimum absolute atomic E-state index is 0.0506. The average Bonchev–Trinajstić information content (AvgIpc) is 3.44. The van der Waals surface area contributed by atoms with Gasteiger partial charge in [0.25, 0.3) is 0 Å². The number of aliphatic hydroxyl groups excluding tert-OH is 1. The van der Waals surface area contributed by atoms with E-state index in [-0.39, 0.29) is 24.3 Å². The Hall–Kier alpha value is -2.70. The van der Waals surface area contributed by atoms with Crippen LogP contribution in [0.25, 0.3) is 0 Å². The highest BCUT2D eigenvalue weighted by Crippen LogP contribution is 2.50. The predicted molar refractivity (Wildman–Crippen MR) is 127 cm³/mol. The number of benzene rings is 1. The number of halogens is 3. The number of carbonyl (C=O) groups is 3. The van der Waals surface area contributed by atoms with Gasteiger partial charge in [0, 0.05) is 37.3 Å². The van der Waals surface area contributed by atoms with Crippen LogP contribution >= 0.6 is 0 Å². The molecule has 3 unspecified atom stereocenters. The largest absolute Gasteiger partial charge is 0.405 e. The van der Waals surface area contributed by atoms with Gasteiger partial charge >= 0.3 is 6.18 Å². The second-order valence-electron chi connectivity index (χ2n) is 10.6. The Morgan fingerprint density at radius 3 is 2.65 bits per heavy atom. The lowest BCUT2D eigenvalue weighted by molar-refractivity contribution is -0.141. The van der Waals surface area contributed by atoms with Crippen LogP contribution in [-0.2, 0) is 26.4 Å². The molecule has 12 heteroatoms. The number of anilines is 1. The molecule has 202 valence electrons. The van der Waals surface area contributed by atoms with E-state index in [0.717, 1.165) is 25.8 Å². The SMILES string of the molecule is O=C(CN1C(=O)C2(CCN(C(=O)C3CCC4NNCC4C3)CC2)c2c(CO)cccc21)NCC(F)(F)F. The van der Waals surface area contributed by atoms with Crippen LogP contribution in [0.15, 0.2) is 18.2 Å². The molecule has 3 heterocycles. The van der Waals surface area contributed by atoms with Gasteiger partial charge in [-0.05, 0) is 55.2 Å². The van der Waals surface area contributed by atoms with E-state index in [1.165, 1.54) is 4.90 Å². The van der Waals surface area contributed by atoms with E-state index in [1.54, 1.807) is 18.2 Å². The van der Waals surface area contributed by atoms with Gasteiger partial charge in [0.2, 0.25) is 17.7 Å². The molecule has 3 aliphatic heterocycles. The summed E-state index contributed by atoms with van der Waals surface area (Å²) in [7, 11) is 0. The van der Waals surface area contributed by atoms with E-state index < -0.39 is 30.6 Å². The molecule has 1 saturated carbocycles. The molecule has 4 N–H and O–H groups in total. The van der Waals surface area contributed by atoms with E-state index in [1.807, 2.05) is 10.2 Å². The van der Waals surface area contributed by atoms with E-state index in [4.69, 9.17) is 0 Å². The Balaban J connectivity index is 1.32. The number of amides is 3. The van der Waals surface area contributed by atoms with Crippen molar-refractivity contribution in [1.29, 1.82) is 0 Å². The molecule has 0 bridgehead atoms. The van der Waals surface area contributed by atoms with Gasteiger partial charge in [0.15, 0.2) is 0 Å². The Morgan fingerprint density at radius 1 is 1.19 bits per heavy atom. The lowest BCUT2D eigenvalue weighted by Gasteiger charge is -2.41. The van der Waals surface area contributed by atoms with Crippen molar-refractivity contribution < 1.29 is 32.7 Å². The number of likely N-dealkylation sites (tertiary alicyclic amines) is 1. The van der Waals surface area contributed by atoms with Gasteiger partial charge < -0.3 is 20.2 Å². The third kappa shape index (κ3) is 4.82. The number of rotatable bonds is 5. The van der Waals surface area contributed by atoms with Crippen LogP contribution in [-0.4, -0.2) is 72.7 Å². The zero-order chi connectivity index (χ0) is 26.4. The van der Waals surface area contributed by atoms with Gasteiger partial charge in [-0.2, -0.15) is 13.2 Å². The summed E-state index contributed by atoms with van der Waals surface area (Å²) in [5.74, 6) is -0.815. The summed E-state index contributed by atoms with van der Waals surface area (Å²) in [6, 6.07) is 5.41. The average molecular weight is 524 g/mol. The number of aliphatic hydroxyl groups is 1. The maximum Gasteiger partial charge on any atom is 0.405 e. The van der Waals surface area contributed by atoms with Crippen LogP contribution in [0, 0.1) is 11.8 Å². The van der Waals surface area contributed by atoms with Gasteiger partial charge in [-0.3, -0.25) is 25.2 Å². The van der Waals surface area contributed by atoms with Crippen molar-refractivity contribution in [2.45, 2.75) is 56.3 Å². The van der Waals surface area contributed by atoms with Crippen molar-refractivity contribution in [2.24, 2.45) is 11.8 Å². The number of nitrogens with one attached hydrogen (secondary N) is 3. The van der Waals surface area contributed by atoms with Crippen LogP contribution in [0.3, 0.4) is 0 Å². The minimum Gasteiger partial charge on any atom is -0.392 e. The molecule has 1 spiro atoms. The summed E-state index contributed by atoms with van der Waals surface area (Å²) in [6.45, 7) is -0.777. The first-order valence-electron chi connectivity index (χ1n) is 12.8. The predicted octanol–water partition coefficient (Wildman–Crippen LogP) is 0.957. The Kier molecular flexibility index (Phi) is 6.92. The summed E-state index contributed by atoms with van der Waals surface area (Å²) >= 11 is 0. The molecule has 4 aliphatic rings. The summed E-state index contributed by atoms with van der Waals surface area (Å²) in [4.78, 5) is 42.5. The number of hydrazine groups is 1. The third-order valence-electron chi connectivity index (χ3n) is 8.42. The molecule has 3 fully saturated rings. The van der Waals surface area contributed by atoms with Crippen molar-refractivity contribution in [3.63, 3.8) is 0 Å². The first-order valence-corrected chi connectivity index (χ1v) is 12.8. The molecule has 0 aromatic heterocycles. The maximum absolute atomic E-state index is 13.8. The highest BCUT2D eigenvalue weighted by Gasteiger charge is 2.54. The number of carbonyl (C=O) groups excluding carboxylic acids is 3. The minimum atomic E-state index is -4.56. The molecule has 1 aromatic carbocycles. The molecule has 0 radical (unpaired) electrons. The number of nitrogens with zero attached hydrogens (tertiary/aromatic N) is 2. The number of hydrogen-bond donors (Lipinski definition) is 4. The molecule has 5 rings (SSSR count). The van der Waals surface area contributed by atoms with Crippen LogP contribution in [0.4, 0.5) is 18.9 Å². The van der Waals surface area contributed by atoms with Gasteiger partial charge in [-0.25, -0.2) is 0 Å². The molecule has 1 aliphatic carbocycles. The Morgan fingerprint density at radius 2 is 1.95 bits per heavy atom. The van der Waals surface area contributed by atoms with Crippen molar-refractivity contribution in [1.82, 2.24) is 21.1 Å². The first kappa shape index (κ1) is 25.9. The fourth-order valence-corrected chi connectivity index (χ4v) is 6.58. The maximum atomic E-state index is 13.8. The monoisotopic (exact) mass is 523 g/mol. The first-order chi connectivity index (χ1) is 17.6. The van der Waals surface area contributed by atoms with E-state index in [9.17, 15) is 32.7 Å². The fraction of sp³-hybridized carbons (Fsp3) is 0.640. The summed E-state index contributed by atoms with van der Waals surface area (Å²) in [5.41, 5.74) is 6.99. The van der Waals surface area contributed by atoms with Gasteiger partial charge in [-0.1, -0.05) is 12.1 Å². The number of piperidine rings is 1. The molecule has 37 heavy (non-hydrogen) atoms. The normalized spacial score (nSPS) is 26.8. The van der Waals surface area contributed by atoms with Crippen molar-refractivity contribution in [3.05, 3.63) is 29.3 Å². The lowest BCUT2D eigenvalue weighted by atomic mass is 9.71. The summed E-state index contributed by atoms with van der Waals surface area (Å²) in [6.07, 6.45) is -1.34. The molecule has 2 saturated heterocycles. The number of fused-ring (bicyclic) bond motifs is 3. The van der Waals surface area contributed by atoms with E-state index >= 15 is 0 Å². The van der Waals surface area contributed by atoms with Crippen LogP contribution in [0.5, 0.6) is 0 Å². The second kappa shape index (κ2) is 9.88. The fourth-order valence-electron chi connectivity index (χ4n) is 6.58. The van der Waals surface area contributed by atoms with Crippen molar-refractivity contribution in [3.8, 4) is 0 Å². The topological polar surface area (TPSA) is 114 Å². The summed E-state index contributed by atoms with van der Waals surface area (Å²) in [5, 5.41) is 11.8. The lowest BCUT2D eigenvalue weighted by Crippen LogP contribution is -2.53. The van der Waals surface area contributed by atoms with Gasteiger partial charge in [-0.15, -0.1) is 0 Å². The standard InChI is InChI=1S/C25H32F3N5O4/c26-25(27,28)14-29-20(35)12-33-19-3-1-2-16(13-34)21(19)24(23(33)37)6-8-32(9-7-24)22(36)15-4-5-18-17(10-15)11-30-31-18/h1-3,15,17-18,30-31,34H,4-14H2,(H,29,35). The van der Waals surface area contributed by atoms with E-state index in [0.29, 0.717) is 54.7 Å². The Bertz CT molecular complexity index is 1070. The smallest absolute Gasteiger partial charge is 0.392 e. The van der Waals surface area contributed by atoms with E-state index in [2.05, 4.69) is 10.9 Å².